The molecule has 0 radical (unpaired) electrons. The number of carbonyl (C=O) groups excluding carboxylic acids is 1. The second-order valence-electron chi connectivity index (χ2n) is 6.20. The molecule has 4 aromatic rings. The van der Waals surface area contributed by atoms with Gasteiger partial charge in [0.25, 0.3) is 5.91 Å². The highest BCUT2D eigenvalue weighted by Gasteiger charge is 2.24. The van der Waals surface area contributed by atoms with Crippen LogP contribution in [0, 0.1) is 0 Å². The number of ether oxygens (including phenoxy) is 1. The van der Waals surface area contributed by atoms with Crippen LogP contribution in [0.15, 0.2) is 60.9 Å². The van der Waals surface area contributed by atoms with Crippen LogP contribution in [0.4, 0.5) is 0 Å². The zero-order chi connectivity index (χ0) is 18.8. The number of aromatic nitrogens is 4. The topological polar surface area (TPSA) is 84.8 Å². The molecule has 0 aliphatic carbocycles. The molecule has 0 fully saturated rings. The number of hydrogen-bond acceptors (Lipinski definition) is 4. The first kappa shape index (κ1) is 16.8. The van der Waals surface area contributed by atoms with Crippen molar-refractivity contribution < 1.29 is 9.53 Å². The van der Waals surface area contributed by atoms with E-state index in [0.717, 1.165) is 22.3 Å². The molecule has 0 aliphatic rings. The number of carbonyl (C=O) groups is 1. The number of H-pyrrole nitrogens is 1. The molecule has 0 aliphatic heterocycles. The van der Waals surface area contributed by atoms with E-state index in [9.17, 15) is 4.79 Å². The molecule has 27 heavy (non-hydrogen) atoms. The maximum Gasteiger partial charge on any atom is 0.273 e. The number of rotatable bonds is 5. The molecule has 1 unspecified atom stereocenters. The molecule has 1 atom stereocenters. The molecular formula is C20H19N5O2. The first-order chi connectivity index (χ1) is 13.2. The average molecular weight is 361 g/mol. The molecule has 0 bridgehead atoms. The lowest BCUT2D eigenvalue weighted by Crippen LogP contribution is -2.31. The normalized spacial score (nSPS) is 12.1. The number of aromatic amines is 1. The summed E-state index contributed by atoms with van der Waals surface area (Å²) in [5.41, 5.74) is 2.04. The van der Waals surface area contributed by atoms with Crippen LogP contribution < -0.4 is 10.1 Å². The maximum atomic E-state index is 13.0. The van der Waals surface area contributed by atoms with Crippen LogP contribution in [-0.4, -0.2) is 32.8 Å². The van der Waals surface area contributed by atoms with Crippen LogP contribution in [0.25, 0.3) is 10.9 Å². The third kappa shape index (κ3) is 3.15. The van der Waals surface area contributed by atoms with Gasteiger partial charge in [0.15, 0.2) is 5.69 Å². The molecule has 136 valence electrons. The second kappa shape index (κ2) is 6.95. The summed E-state index contributed by atoms with van der Waals surface area (Å²) in [5, 5.41) is 10.9. The van der Waals surface area contributed by atoms with Crippen molar-refractivity contribution in [1.82, 2.24) is 25.1 Å². The first-order valence-corrected chi connectivity index (χ1v) is 8.52. The number of nitrogens with zero attached hydrogens (tertiary/aromatic N) is 3. The van der Waals surface area contributed by atoms with Crippen LogP contribution in [0.1, 0.15) is 27.9 Å². The van der Waals surface area contributed by atoms with Gasteiger partial charge in [-0.25, -0.2) is 4.98 Å². The summed E-state index contributed by atoms with van der Waals surface area (Å²) in [6.07, 6.45) is 3.55. The number of aryl methyl sites for hydroxylation is 1. The van der Waals surface area contributed by atoms with E-state index in [2.05, 4.69) is 20.5 Å². The molecule has 0 saturated carbocycles. The van der Waals surface area contributed by atoms with Gasteiger partial charge in [0.2, 0.25) is 0 Å². The molecule has 2 heterocycles. The minimum atomic E-state index is -0.442. The fraction of sp³-hybridized carbons (Fsp3) is 0.150. The number of imidazole rings is 1. The quantitative estimate of drug-likeness (QED) is 0.572. The zero-order valence-corrected chi connectivity index (χ0v) is 15.0. The van der Waals surface area contributed by atoms with E-state index < -0.39 is 6.04 Å². The third-order valence-corrected chi connectivity index (χ3v) is 4.50. The fourth-order valence-corrected chi connectivity index (χ4v) is 3.11. The maximum absolute atomic E-state index is 13.0. The van der Waals surface area contributed by atoms with Crippen molar-refractivity contribution in [2.75, 3.05) is 7.11 Å². The van der Waals surface area contributed by atoms with Crippen molar-refractivity contribution in [3.8, 4) is 5.75 Å². The summed E-state index contributed by atoms with van der Waals surface area (Å²) in [6, 6.07) is 14.7. The number of fused-ring (bicyclic) bond motifs is 1. The van der Waals surface area contributed by atoms with Crippen LogP contribution in [0.2, 0.25) is 0 Å². The Morgan fingerprint density at radius 2 is 2.07 bits per heavy atom. The van der Waals surface area contributed by atoms with E-state index in [4.69, 9.17) is 4.74 Å². The molecule has 0 saturated heterocycles. The summed E-state index contributed by atoms with van der Waals surface area (Å²) in [7, 11) is 3.51. The van der Waals surface area contributed by atoms with E-state index in [1.165, 1.54) is 0 Å². The lowest BCUT2D eigenvalue weighted by Gasteiger charge is -2.19. The van der Waals surface area contributed by atoms with Crippen molar-refractivity contribution in [1.29, 1.82) is 0 Å². The Balaban J connectivity index is 1.73. The van der Waals surface area contributed by atoms with Crippen LogP contribution >= 0.6 is 0 Å². The monoisotopic (exact) mass is 361 g/mol. The van der Waals surface area contributed by atoms with Gasteiger partial charge in [-0.05, 0) is 23.8 Å². The van der Waals surface area contributed by atoms with Crippen molar-refractivity contribution in [3.63, 3.8) is 0 Å². The molecule has 0 spiro atoms. The standard InChI is InChI=1S/C20H19N5O2/c1-25-11-10-21-19(25)17(13-6-5-7-14(12-13)27-2)22-20(26)18-15-8-3-4-9-16(15)23-24-18/h3-12,17H,1-2H3,(H,22,26)(H,23,24). The lowest BCUT2D eigenvalue weighted by molar-refractivity contribution is 0.0937. The Labute approximate surface area is 156 Å². The Hall–Kier alpha value is -3.61. The van der Waals surface area contributed by atoms with Crippen LogP contribution in [-0.2, 0) is 7.05 Å². The van der Waals surface area contributed by atoms with Gasteiger partial charge in [-0.1, -0.05) is 30.3 Å². The van der Waals surface area contributed by atoms with Crippen molar-refractivity contribution in [2.24, 2.45) is 7.05 Å². The van der Waals surface area contributed by atoms with E-state index in [-0.39, 0.29) is 5.91 Å². The molecule has 7 nitrogen and oxygen atoms in total. The molecular weight excluding hydrogens is 342 g/mol. The van der Waals surface area contributed by atoms with Gasteiger partial charge in [0, 0.05) is 24.8 Å². The lowest BCUT2D eigenvalue weighted by atomic mass is 10.0. The van der Waals surface area contributed by atoms with Gasteiger partial charge in [-0.15, -0.1) is 0 Å². The summed E-state index contributed by atoms with van der Waals surface area (Å²) in [4.78, 5) is 17.4. The van der Waals surface area contributed by atoms with Crippen molar-refractivity contribution in [2.45, 2.75) is 6.04 Å². The second-order valence-corrected chi connectivity index (χ2v) is 6.20. The average Bonchev–Trinajstić information content (AvgIpc) is 3.32. The predicted molar refractivity (Wildman–Crippen MR) is 102 cm³/mol. The zero-order valence-electron chi connectivity index (χ0n) is 15.0. The van der Waals surface area contributed by atoms with E-state index in [0.29, 0.717) is 11.4 Å². The Bertz CT molecular complexity index is 1100. The number of hydrogen-bond donors (Lipinski definition) is 2. The summed E-state index contributed by atoms with van der Waals surface area (Å²) in [6.45, 7) is 0. The third-order valence-electron chi connectivity index (χ3n) is 4.50. The Morgan fingerprint density at radius 1 is 1.22 bits per heavy atom. The highest BCUT2D eigenvalue weighted by molar-refractivity contribution is 6.04. The predicted octanol–water partition coefficient (Wildman–Crippen LogP) is 2.82. The van der Waals surface area contributed by atoms with Gasteiger partial charge in [0.05, 0.1) is 12.6 Å². The van der Waals surface area contributed by atoms with Crippen molar-refractivity contribution in [3.05, 3.63) is 78.0 Å². The van der Waals surface area contributed by atoms with Gasteiger partial charge in [-0.3, -0.25) is 9.89 Å². The van der Waals surface area contributed by atoms with E-state index >= 15 is 0 Å². The summed E-state index contributed by atoms with van der Waals surface area (Å²) >= 11 is 0. The minimum Gasteiger partial charge on any atom is -0.497 e. The molecule has 4 rings (SSSR count). The number of nitrogens with one attached hydrogen (secondary N) is 2. The van der Waals surface area contributed by atoms with Crippen molar-refractivity contribution >= 4 is 16.8 Å². The van der Waals surface area contributed by atoms with E-state index in [1.54, 1.807) is 13.3 Å². The largest absolute Gasteiger partial charge is 0.497 e. The molecule has 2 aromatic heterocycles. The van der Waals surface area contributed by atoms with Gasteiger partial charge >= 0.3 is 0 Å². The number of methoxy groups -OCH3 is 1. The molecule has 7 heteroatoms. The van der Waals surface area contributed by atoms with Gasteiger partial charge < -0.3 is 14.6 Å². The molecule has 1 amide bonds. The Morgan fingerprint density at radius 3 is 2.85 bits per heavy atom. The number of para-hydroxylation sites is 1. The van der Waals surface area contributed by atoms with Gasteiger partial charge in [-0.2, -0.15) is 5.10 Å². The highest BCUT2D eigenvalue weighted by atomic mass is 16.5. The summed E-state index contributed by atoms with van der Waals surface area (Å²) in [5.74, 6) is 1.16. The minimum absolute atomic E-state index is 0.275. The highest BCUT2D eigenvalue weighted by Crippen LogP contribution is 2.25. The summed E-state index contributed by atoms with van der Waals surface area (Å²) < 4.78 is 7.21. The van der Waals surface area contributed by atoms with Crippen LogP contribution in [0.5, 0.6) is 5.75 Å². The van der Waals surface area contributed by atoms with Crippen LogP contribution in [0.3, 0.4) is 0 Å². The first-order valence-electron chi connectivity index (χ1n) is 8.52. The fourth-order valence-electron chi connectivity index (χ4n) is 3.11. The number of benzene rings is 2. The van der Waals surface area contributed by atoms with E-state index in [1.807, 2.05) is 66.3 Å². The molecule has 2 N–H and O–H groups in total. The van der Waals surface area contributed by atoms with Gasteiger partial charge in [0.1, 0.15) is 17.6 Å². The SMILES string of the molecule is COc1cccc(C(NC(=O)c2n[nH]c3ccccc23)c2nccn2C)c1. The molecule has 2 aromatic carbocycles. The smallest absolute Gasteiger partial charge is 0.273 e. The number of amides is 1. The Kier molecular flexibility index (Phi) is 4.33.